The summed E-state index contributed by atoms with van der Waals surface area (Å²) in [4.78, 5) is 9.40. The predicted octanol–water partition coefficient (Wildman–Crippen LogP) is 8.74. The number of aryl methyl sites for hydroxylation is 3. The van der Waals surface area contributed by atoms with Gasteiger partial charge in [-0.2, -0.15) is 12.7 Å². The first kappa shape index (κ1) is 28.1. The third-order valence-corrected chi connectivity index (χ3v) is 7.74. The number of ether oxygens (including phenoxy) is 1. The molecule has 0 fully saturated rings. The molecular formula is C36H31N4OPt-3. The van der Waals surface area contributed by atoms with E-state index in [2.05, 4.69) is 118 Å². The van der Waals surface area contributed by atoms with Crippen molar-refractivity contribution in [2.75, 3.05) is 4.90 Å². The Balaban J connectivity index is 0.00000316. The zero-order valence-electron chi connectivity index (χ0n) is 24.3. The largest absolute Gasteiger partial charge is 0.506 e. The van der Waals surface area contributed by atoms with Gasteiger partial charge in [-0.15, -0.1) is 36.0 Å². The molecule has 6 aromatic rings. The second kappa shape index (κ2) is 11.0. The van der Waals surface area contributed by atoms with Gasteiger partial charge in [0.05, 0.1) is 11.3 Å². The van der Waals surface area contributed by atoms with Crippen molar-refractivity contribution >= 4 is 33.0 Å². The molecular weight excluding hydrogens is 700 g/mol. The van der Waals surface area contributed by atoms with Crippen molar-refractivity contribution in [3.63, 3.8) is 0 Å². The van der Waals surface area contributed by atoms with E-state index in [1.807, 2.05) is 35.4 Å². The van der Waals surface area contributed by atoms with Crippen LogP contribution in [0.15, 0.2) is 85.3 Å². The van der Waals surface area contributed by atoms with E-state index in [4.69, 9.17) is 9.72 Å². The van der Waals surface area contributed by atoms with Crippen LogP contribution in [0, 0.1) is 39.6 Å². The van der Waals surface area contributed by atoms with Crippen LogP contribution in [0.4, 0.5) is 5.69 Å². The molecule has 3 heterocycles. The monoisotopic (exact) mass is 730 g/mol. The minimum Gasteiger partial charge on any atom is -0.506 e. The number of imidazole rings is 1. The van der Waals surface area contributed by atoms with Crippen LogP contribution in [0.3, 0.4) is 0 Å². The van der Waals surface area contributed by atoms with E-state index in [-0.39, 0.29) is 21.1 Å². The molecule has 0 amide bonds. The zero-order chi connectivity index (χ0) is 28.2. The quantitative estimate of drug-likeness (QED) is 0.131. The molecule has 1 aliphatic rings. The molecule has 0 N–H and O–H groups in total. The summed E-state index contributed by atoms with van der Waals surface area (Å²) in [6, 6.07) is 30.3. The Labute approximate surface area is 261 Å². The first-order valence-electron chi connectivity index (χ1n) is 14.0. The second-order valence-electron chi connectivity index (χ2n) is 11.1. The Kier molecular flexibility index (Phi) is 7.32. The molecule has 6 heteroatoms. The molecule has 4 aromatic carbocycles. The number of rotatable bonds is 5. The Morgan fingerprint density at radius 3 is 2.36 bits per heavy atom. The first-order chi connectivity index (χ1) is 19.9. The summed E-state index contributed by atoms with van der Waals surface area (Å²) in [6.45, 7) is 12.9. The summed E-state index contributed by atoms with van der Waals surface area (Å²) in [5, 5.41) is 3.17. The van der Waals surface area contributed by atoms with Crippen LogP contribution < -0.4 is 9.64 Å². The Morgan fingerprint density at radius 2 is 1.60 bits per heavy atom. The van der Waals surface area contributed by atoms with Crippen LogP contribution in [-0.2, 0) is 21.1 Å². The molecule has 7 rings (SSSR count). The van der Waals surface area contributed by atoms with E-state index in [1.54, 1.807) is 0 Å². The van der Waals surface area contributed by atoms with E-state index in [9.17, 15) is 0 Å². The third-order valence-electron chi connectivity index (χ3n) is 7.74. The average molecular weight is 731 g/mol. The molecule has 0 spiro atoms. The number of benzene rings is 4. The minimum atomic E-state index is 0. The molecule has 5 nitrogen and oxygen atoms in total. The van der Waals surface area contributed by atoms with Gasteiger partial charge in [0.15, 0.2) is 0 Å². The smallest absolute Gasteiger partial charge is 0.0777 e. The number of aromatic nitrogens is 2. The maximum atomic E-state index is 6.34. The number of nitrogens with zero attached hydrogens (tertiary/aromatic N) is 4. The Morgan fingerprint density at radius 1 is 0.833 bits per heavy atom. The molecule has 0 saturated heterocycles. The SMILES string of the molecule is Cc1cc(C)c(-c2cn3c4ccccc4c4ccc(Oc5[c-]c(N6C=CN(C(C)C)[CH-]6)ccc5)[c-]c4c3n2)c(C)c1.[Pt]. The van der Waals surface area contributed by atoms with Gasteiger partial charge in [0, 0.05) is 49.8 Å². The molecule has 0 aliphatic carbocycles. The normalized spacial score (nSPS) is 13.1. The van der Waals surface area contributed by atoms with E-state index >= 15 is 0 Å². The van der Waals surface area contributed by atoms with E-state index in [0.29, 0.717) is 17.5 Å². The topological polar surface area (TPSA) is 33.0 Å². The molecule has 0 saturated carbocycles. The van der Waals surface area contributed by atoms with E-state index < -0.39 is 0 Å². The van der Waals surface area contributed by atoms with Crippen molar-refractivity contribution in [1.82, 2.24) is 14.3 Å². The van der Waals surface area contributed by atoms with Crippen LogP contribution in [0.25, 0.3) is 38.6 Å². The van der Waals surface area contributed by atoms with Crippen LogP contribution in [-0.4, -0.2) is 20.3 Å². The van der Waals surface area contributed by atoms with E-state index in [1.165, 1.54) is 22.3 Å². The van der Waals surface area contributed by atoms with Gasteiger partial charge in [0.2, 0.25) is 0 Å². The molecule has 42 heavy (non-hydrogen) atoms. The zero-order valence-corrected chi connectivity index (χ0v) is 26.5. The van der Waals surface area contributed by atoms with Crippen LogP contribution in [0.2, 0.25) is 0 Å². The summed E-state index contributed by atoms with van der Waals surface area (Å²) in [5.74, 6) is 1.26. The fourth-order valence-corrected chi connectivity index (χ4v) is 5.87. The van der Waals surface area contributed by atoms with Gasteiger partial charge in [-0.1, -0.05) is 52.7 Å². The van der Waals surface area contributed by atoms with Crippen molar-refractivity contribution in [3.05, 3.63) is 121 Å². The van der Waals surface area contributed by atoms with Gasteiger partial charge in [-0.25, -0.2) is 0 Å². The van der Waals surface area contributed by atoms with Crippen molar-refractivity contribution in [3.8, 4) is 22.8 Å². The number of pyridine rings is 1. The number of hydrogen-bond acceptors (Lipinski definition) is 4. The Bertz CT molecular complexity index is 1970. The minimum absolute atomic E-state index is 0. The van der Waals surface area contributed by atoms with Gasteiger partial charge in [-0.05, 0) is 75.6 Å². The summed E-state index contributed by atoms with van der Waals surface area (Å²) < 4.78 is 8.53. The second-order valence-corrected chi connectivity index (χ2v) is 11.1. The van der Waals surface area contributed by atoms with Crippen molar-refractivity contribution < 1.29 is 25.8 Å². The molecule has 0 bridgehead atoms. The van der Waals surface area contributed by atoms with Crippen LogP contribution in [0.1, 0.15) is 30.5 Å². The summed E-state index contributed by atoms with van der Waals surface area (Å²) in [7, 11) is 0. The number of fused-ring (bicyclic) bond motifs is 6. The van der Waals surface area contributed by atoms with Gasteiger partial charge in [0.1, 0.15) is 0 Å². The standard InChI is InChI=1S/C36H31N4O.Pt/c1-23(2)38-15-16-39(22-38)27-9-8-10-28(19-27)41-29-13-14-30-31-11-6-7-12-34(31)40-21-33(37-36(40)32(30)20-29)35-25(4)17-24(3)18-26(35)5;/h6-18,21-23H,1-5H3;/q-3;. The molecule has 0 unspecified atom stereocenters. The molecule has 0 atom stereocenters. The predicted molar refractivity (Wildman–Crippen MR) is 167 cm³/mol. The molecule has 214 valence electrons. The number of para-hydroxylation sites is 1. The molecule has 2 aromatic heterocycles. The fourth-order valence-electron chi connectivity index (χ4n) is 5.87. The Hall–Kier alpha value is -4.08. The van der Waals surface area contributed by atoms with Gasteiger partial charge in [-0.3, -0.25) is 4.98 Å². The van der Waals surface area contributed by atoms with Crippen LogP contribution in [0.5, 0.6) is 11.5 Å². The van der Waals surface area contributed by atoms with Crippen LogP contribution >= 0.6 is 0 Å². The van der Waals surface area contributed by atoms with Crippen molar-refractivity contribution in [2.45, 2.75) is 40.7 Å². The maximum absolute atomic E-state index is 6.34. The average Bonchev–Trinajstić information content (AvgIpc) is 3.62. The van der Waals surface area contributed by atoms with Crippen molar-refractivity contribution in [2.24, 2.45) is 0 Å². The third kappa shape index (κ3) is 4.86. The molecule has 0 radical (unpaired) electrons. The summed E-state index contributed by atoms with van der Waals surface area (Å²) in [6.07, 6.45) is 6.25. The molecule has 1 aliphatic heterocycles. The number of anilines is 1. The fraction of sp³-hybridized carbons (Fsp3) is 0.167. The first-order valence-corrected chi connectivity index (χ1v) is 14.0. The number of hydrogen-bond donors (Lipinski definition) is 0. The summed E-state index contributed by atoms with van der Waals surface area (Å²) in [5.41, 5.74) is 8.75. The van der Waals surface area contributed by atoms with E-state index in [0.717, 1.165) is 38.7 Å². The van der Waals surface area contributed by atoms with Gasteiger partial charge in [0.25, 0.3) is 0 Å². The van der Waals surface area contributed by atoms with Gasteiger partial charge >= 0.3 is 0 Å². The van der Waals surface area contributed by atoms with Crippen molar-refractivity contribution in [1.29, 1.82) is 0 Å². The maximum Gasteiger partial charge on any atom is 0.0777 e. The summed E-state index contributed by atoms with van der Waals surface area (Å²) >= 11 is 0. The van der Waals surface area contributed by atoms with Gasteiger partial charge < -0.3 is 18.9 Å².